The molecule has 25 heavy (non-hydrogen) atoms. The van der Waals surface area contributed by atoms with Gasteiger partial charge in [0.1, 0.15) is 5.82 Å². The summed E-state index contributed by atoms with van der Waals surface area (Å²) in [5, 5.41) is 8.59. The molecule has 0 aliphatic carbocycles. The van der Waals surface area contributed by atoms with Crippen molar-refractivity contribution in [1.82, 2.24) is 20.9 Å². The molecule has 0 radical (unpaired) electrons. The van der Waals surface area contributed by atoms with Gasteiger partial charge < -0.3 is 16.0 Å². The number of imide groups is 1. The lowest BCUT2D eigenvalue weighted by atomic mass is 10.1. The summed E-state index contributed by atoms with van der Waals surface area (Å²) >= 11 is 0. The molecule has 0 atom stereocenters. The summed E-state index contributed by atoms with van der Waals surface area (Å²) in [6.07, 6.45) is 0. The summed E-state index contributed by atoms with van der Waals surface area (Å²) < 4.78 is 13.5. The Labute approximate surface area is 163 Å². The van der Waals surface area contributed by atoms with E-state index in [2.05, 4.69) is 20.9 Å². The van der Waals surface area contributed by atoms with Crippen molar-refractivity contribution < 1.29 is 14.0 Å². The third-order valence-corrected chi connectivity index (χ3v) is 3.57. The van der Waals surface area contributed by atoms with Gasteiger partial charge in [-0.2, -0.15) is 0 Å². The highest BCUT2D eigenvalue weighted by atomic mass is 127. The van der Waals surface area contributed by atoms with Crippen LogP contribution in [0.15, 0.2) is 23.2 Å². The standard InChI is InChI=1S/C16H22FN5O2.HI/c1-3-18-15(19-6-7-22-14(23)10-21-16(22)24)20-9-12-5-4-11(2)13(17)8-12;/h4-5,8H,3,6-7,9-10H2,1-2H3,(H,21,24)(H2,18,19,20);1H. The molecule has 0 spiro atoms. The highest BCUT2D eigenvalue weighted by molar-refractivity contribution is 14.0. The molecule has 0 aromatic heterocycles. The molecule has 3 amide bonds. The summed E-state index contributed by atoms with van der Waals surface area (Å²) in [5.41, 5.74) is 1.37. The second kappa shape index (κ2) is 10.2. The molecule has 7 nitrogen and oxygen atoms in total. The number of amides is 3. The number of urea groups is 1. The molecule has 9 heteroatoms. The first-order valence-corrected chi connectivity index (χ1v) is 7.86. The van der Waals surface area contributed by atoms with Gasteiger partial charge in [0.25, 0.3) is 0 Å². The second-order valence-electron chi connectivity index (χ2n) is 5.41. The lowest BCUT2D eigenvalue weighted by molar-refractivity contribution is -0.124. The number of carbonyl (C=O) groups is 2. The zero-order valence-electron chi connectivity index (χ0n) is 14.3. The predicted molar refractivity (Wildman–Crippen MR) is 104 cm³/mol. The summed E-state index contributed by atoms with van der Waals surface area (Å²) in [7, 11) is 0. The zero-order chi connectivity index (χ0) is 17.5. The molecule has 0 saturated carbocycles. The van der Waals surface area contributed by atoms with E-state index in [1.165, 1.54) is 6.07 Å². The summed E-state index contributed by atoms with van der Waals surface area (Å²) in [4.78, 5) is 28.5. The summed E-state index contributed by atoms with van der Waals surface area (Å²) in [5.74, 6) is 0.0589. The lowest BCUT2D eigenvalue weighted by Crippen LogP contribution is -2.43. The van der Waals surface area contributed by atoms with Gasteiger partial charge in [0.2, 0.25) is 5.91 Å². The molecule has 1 aliphatic heterocycles. The molecule has 1 heterocycles. The SMILES string of the molecule is CCNC(=NCc1ccc(C)c(F)c1)NCCN1C(=O)CNC1=O.I. The fourth-order valence-electron chi connectivity index (χ4n) is 2.21. The Morgan fingerprint density at radius 1 is 1.36 bits per heavy atom. The Balaban J connectivity index is 0.00000312. The van der Waals surface area contributed by atoms with Gasteiger partial charge in [-0.1, -0.05) is 12.1 Å². The van der Waals surface area contributed by atoms with E-state index in [1.54, 1.807) is 13.0 Å². The average molecular weight is 463 g/mol. The first kappa shape index (κ1) is 21.1. The first-order chi connectivity index (χ1) is 11.5. The van der Waals surface area contributed by atoms with Gasteiger partial charge in [-0.25, -0.2) is 14.2 Å². The van der Waals surface area contributed by atoms with Crippen molar-refractivity contribution in [3.63, 3.8) is 0 Å². The number of nitrogens with one attached hydrogen (secondary N) is 3. The number of halogens is 2. The number of nitrogens with zero attached hydrogens (tertiary/aromatic N) is 2. The van der Waals surface area contributed by atoms with Gasteiger partial charge >= 0.3 is 6.03 Å². The van der Waals surface area contributed by atoms with E-state index in [4.69, 9.17) is 0 Å². The average Bonchev–Trinajstić information content (AvgIpc) is 2.87. The van der Waals surface area contributed by atoms with Crippen molar-refractivity contribution in [3.8, 4) is 0 Å². The highest BCUT2D eigenvalue weighted by Gasteiger charge is 2.27. The topological polar surface area (TPSA) is 85.8 Å². The quantitative estimate of drug-likeness (QED) is 0.258. The van der Waals surface area contributed by atoms with Crippen LogP contribution in [0, 0.1) is 12.7 Å². The van der Waals surface area contributed by atoms with Crippen molar-refractivity contribution in [1.29, 1.82) is 0 Å². The van der Waals surface area contributed by atoms with Gasteiger partial charge in [-0.05, 0) is 31.0 Å². The molecule has 1 aliphatic rings. The maximum atomic E-state index is 13.5. The number of hydrogen-bond donors (Lipinski definition) is 3. The third kappa shape index (κ3) is 6.15. The molecular formula is C16H23FIN5O2. The fourth-order valence-corrected chi connectivity index (χ4v) is 2.21. The zero-order valence-corrected chi connectivity index (χ0v) is 16.6. The van der Waals surface area contributed by atoms with E-state index in [9.17, 15) is 14.0 Å². The summed E-state index contributed by atoms with van der Waals surface area (Å²) in [6, 6.07) is 4.64. The molecule has 0 bridgehead atoms. The monoisotopic (exact) mass is 463 g/mol. The van der Waals surface area contributed by atoms with Crippen LogP contribution in [0.5, 0.6) is 0 Å². The van der Waals surface area contributed by atoms with Gasteiger partial charge in [0, 0.05) is 19.6 Å². The van der Waals surface area contributed by atoms with Gasteiger partial charge in [-0.15, -0.1) is 24.0 Å². The molecule has 3 N–H and O–H groups in total. The molecule has 1 aromatic rings. The third-order valence-electron chi connectivity index (χ3n) is 3.57. The second-order valence-corrected chi connectivity index (χ2v) is 5.41. The minimum Gasteiger partial charge on any atom is -0.357 e. The van der Waals surface area contributed by atoms with Crippen LogP contribution in [0.4, 0.5) is 9.18 Å². The normalized spacial score (nSPS) is 14.2. The van der Waals surface area contributed by atoms with E-state index in [0.717, 1.165) is 10.5 Å². The van der Waals surface area contributed by atoms with Gasteiger partial charge in [0.05, 0.1) is 13.1 Å². The number of guanidine groups is 1. The van der Waals surface area contributed by atoms with Gasteiger partial charge in [0.15, 0.2) is 5.96 Å². The van der Waals surface area contributed by atoms with E-state index < -0.39 is 0 Å². The number of hydrogen-bond acceptors (Lipinski definition) is 3. The van der Waals surface area contributed by atoms with Crippen LogP contribution in [-0.2, 0) is 11.3 Å². The maximum absolute atomic E-state index is 13.5. The van der Waals surface area contributed by atoms with Crippen molar-refractivity contribution >= 4 is 41.9 Å². The number of aliphatic imine (C=N–C) groups is 1. The smallest absolute Gasteiger partial charge is 0.324 e. The van der Waals surface area contributed by atoms with Crippen LogP contribution >= 0.6 is 24.0 Å². The van der Waals surface area contributed by atoms with Crippen LogP contribution in [0.2, 0.25) is 0 Å². The van der Waals surface area contributed by atoms with E-state index in [1.807, 2.05) is 13.0 Å². The Kier molecular flexibility index (Phi) is 8.59. The predicted octanol–water partition coefficient (Wildman–Crippen LogP) is 1.36. The molecule has 2 rings (SSSR count). The molecule has 138 valence electrons. The molecule has 1 aromatic carbocycles. The van der Waals surface area contributed by atoms with Crippen molar-refractivity contribution in [2.75, 3.05) is 26.2 Å². The Bertz CT molecular complexity index is 637. The van der Waals surface area contributed by atoms with E-state index in [-0.39, 0.29) is 54.8 Å². The number of benzene rings is 1. The number of carbonyl (C=O) groups excluding carboxylic acids is 2. The van der Waals surface area contributed by atoms with Crippen molar-refractivity contribution in [3.05, 3.63) is 35.1 Å². The van der Waals surface area contributed by atoms with Crippen molar-refractivity contribution in [2.45, 2.75) is 20.4 Å². The summed E-state index contributed by atoms with van der Waals surface area (Å²) in [6.45, 7) is 5.32. The molecular weight excluding hydrogens is 440 g/mol. The Hall–Kier alpha value is -1.91. The fraction of sp³-hybridized carbons (Fsp3) is 0.438. The number of aryl methyl sites for hydroxylation is 1. The molecule has 1 fully saturated rings. The largest absolute Gasteiger partial charge is 0.357 e. The van der Waals surface area contributed by atoms with Gasteiger partial charge in [-0.3, -0.25) is 9.69 Å². The van der Waals surface area contributed by atoms with Crippen LogP contribution < -0.4 is 16.0 Å². The van der Waals surface area contributed by atoms with E-state index >= 15 is 0 Å². The lowest BCUT2D eigenvalue weighted by Gasteiger charge is -2.15. The molecule has 1 saturated heterocycles. The number of rotatable bonds is 6. The minimum atomic E-state index is -0.376. The Morgan fingerprint density at radius 3 is 2.72 bits per heavy atom. The molecule has 0 unspecified atom stereocenters. The first-order valence-electron chi connectivity index (χ1n) is 7.86. The minimum absolute atomic E-state index is 0. The van der Waals surface area contributed by atoms with Crippen LogP contribution in [0.25, 0.3) is 0 Å². The Morgan fingerprint density at radius 2 is 2.12 bits per heavy atom. The highest BCUT2D eigenvalue weighted by Crippen LogP contribution is 2.09. The maximum Gasteiger partial charge on any atom is 0.324 e. The van der Waals surface area contributed by atoms with Crippen LogP contribution in [0.3, 0.4) is 0 Å². The van der Waals surface area contributed by atoms with Crippen molar-refractivity contribution in [2.24, 2.45) is 4.99 Å². The van der Waals surface area contributed by atoms with Crippen LogP contribution in [-0.4, -0.2) is 49.0 Å². The van der Waals surface area contributed by atoms with E-state index in [0.29, 0.717) is 31.2 Å². The van der Waals surface area contributed by atoms with Crippen LogP contribution in [0.1, 0.15) is 18.1 Å².